The van der Waals surface area contributed by atoms with Crippen molar-refractivity contribution in [2.45, 2.75) is 44.4 Å². The maximum absolute atomic E-state index is 14.1. The van der Waals surface area contributed by atoms with Crippen LogP contribution in [0.4, 0.5) is 0 Å². The number of amides is 2. The standard InChI is InChI=1S/C34H34N2O6.C27H28N2O6/c1-3-41-34(39)27-21-36-28(29(25-15-9-5-10-16-25)26-17-11-6-12-18-26)22-35(19-20-40-2)33(38)30(36)32(31(27)37)42-23-24-13-7-4-8-14-24;1-3-35-27(33)20-16-29-21(17-28(14-15-34-2)26(32)23(29)25(31)24(20)30)22(18-10-6-4-7-11-18)19-12-8-5-9-13-19/h4-18,21,28-29H,3,19-20,22-23H2,1-2H3;4-13,16,21-22,31H,3,14-15,17H2,1-2H3. The number of methoxy groups -OCH3 is 2. The van der Waals surface area contributed by atoms with Gasteiger partial charge in [-0.05, 0) is 41.7 Å². The van der Waals surface area contributed by atoms with Crippen LogP contribution in [-0.4, -0.2) is 115 Å². The molecular weight excluding hydrogens is 981 g/mol. The van der Waals surface area contributed by atoms with Gasteiger partial charge in [0.15, 0.2) is 22.9 Å². The molecule has 7 aromatic rings. The fourth-order valence-electron chi connectivity index (χ4n) is 10.1. The van der Waals surface area contributed by atoms with Crippen LogP contribution in [0, 0.1) is 0 Å². The number of rotatable bonds is 19. The fraction of sp³-hybridized carbons (Fsp3) is 0.279. The third kappa shape index (κ3) is 12.1. The number of carbonyl (C=O) groups excluding carboxylic acids is 4. The summed E-state index contributed by atoms with van der Waals surface area (Å²) < 4.78 is 30.3. The molecular formula is C61H62N4O12. The molecule has 16 heteroatoms. The van der Waals surface area contributed by atoms with Crippen LogP contribution in [0.15, 0.2) is 174 Å². The number of hydrogen-bond acceptors (Lipinski definition) is 12. The zero-order valence-corrected chi connectivity index (χ0v) is 43.5. The molecule has 2 amide bonds. The molecule has 0 spiro atoms. The van der Waals surface area contributed by atoms with Crippen LogP contribution in [0.1, 0.15) is 107 Å². The van der Waals surface area contributed by atoms with Crippen molar-refractivity contribution in [3.8, 4) is 11.5 Å². The zero-order valence-electron chi connectivity index (χ0n) is 43.5. The van der Waals surface area contributed by atoms with Crippen LogP contribution in [-0.2, 0) is 25.6 Å². The molecule has 2 unspecified atom stereocenters. The lowest BCUT2D eigenvalue weighted by atomic mass is 9.83. The minimum atomic E-state index is -0.925. The normalized spacial score (nSPS) is 14.8. The van der Waals surface area contributed by atoms with Gasteiger partial charge in [0, 0.05) is 64.6 Å². The Kier molecular flexibility index (Phi) is 18.3. The molecule has 2 aliphatic heterocycles. The monoisotopic (exact) mass is 1040 g/mol. The second kappa shape index (κ2) is 25.8. The van der Waals surface area contributed by atoms with E-state index in [4.69, 9.17) is 23.7 Å². The van der Waals surface area contributed by atoms with Crippen LogP contribution >= 0.6 is 0 Å². The van der Waals surface area contributed by atoms with Gasteiger partial charge < -0.3 is 47.7 Å². The number of aromatic hydroxyl groups is 1. The Bertz CT molecular complexity index is 3180. The Hall–Kier alpha value is -8.60. The predicted molar refractivity (Wildman–Crippen MR) is 289 cm³/mol. The topological polar surface area (TPSA) is 185 Å². The van der Waals surface area contributed by atoms with Crippen LogP contribution < -0.4 is 15.6 Å². The average molecular weight is 1040 g/mol. The molecule has 9 rings (SSSR count). The van der Waals surface area contributed by atoms with Crippen LogP contribution in [0.5, 0.6) is 11.5 Å². The SMILES string of the molecule is CCOC(=O)c1cn2c(c(O)c1=O)C(=O)N(CCOC)CC2C(c1ccccc1)c1ccccc1.CCOC(=O)c1cn2c(c(OCc3ccccc3)c1=O)C(=O)N(CCOC)CC2C(c1ccccc1)c1ccccc1. The highest BCUT2D eigenvalue weighted by Crippen LogP contribution is 2.42. The number of nitrogens with zero attached hydrogens (tertiary/aromatic N) is 4. The van der Waals surface area contributed by atoms with E-state index in [1.807, 2.05) is 127 Å². The van der Waals surface area contributed by atoms with Crippen molar-refractivity contribution in [2.24, 2.45) is 0 Å². The van der Waals surface area contributed by atoms with E-state index in [1.165, 1.54) is 12.4 Å². The number of esters is 2. The molecule has 2 aliphatic rings. The third-order valence-electron chi connectivity index (χ3n) is 13.7. The molecule has 0 bridgehead atoms. The average Bonchev–Trinajstić information content (AvgIpc) is 3.49. The predicted octanol–water partition coefficient (Wildman–Crippen LogP) is 8.29. The quantitative estimate of drug-likeness (QED) is 0.0766. The van der Waals surface area contributed by atoms with Gasteiger partial charge in [0.2, 0.25) is 10.9 Å². The lowest BCUT2D eigenvalue weighted by Gasteiger charge is -2.41. The lowest BCUT2D eigenvalue weighted by molar-refractivity contribution is 0.0507. The van der Waals surface area contributed by atoms with Crippen LogP contribution in [0.2, 0.25) is 0 Å². The van der Waals surface area contributed by atoms with E-state index in [2.05, 4.69) is 24.3 Å². The highest BCUT2D eigenvalue weighted by atomic mass is 16.5. The van der Waals surface area contributed by atoms with Crippen LogP contribution in [0.3, 0.4) is 0 Å². The highest BCUT2D eigenvalue weighted by Gasteiger charge is 2.42. The van der Waals surface area contributed by atoms with Crippen molar-refractivity contribution in [3.05, 3.63) is 235 Å². The molecule has 2 atom stereocenters. The summed E-state index contributed by atoms with van der Waals surface area (Å²) in [4.78, 5) is 83.1. The summed E-state index contributed by atoms with van der Waals surface area (Å²) in [7, 11) is 3.13. The number of pyridine rings is 2. The van der Waals surface area contributed by atoms with Gasteiger partial charge >= 0.3 is 11.9 Å². The molecule has 2 aromatic heterocycles. The van der Waals surface area contributed by atoms with Gasteiger partial charge in [-0.15, -0.1) is 0 Å². The molecule has 1 N–H and O–H groups in total. The first-order valence-corrected chi connectivity index (χ1v) is 25.5. The summed E-state index contributed by atoms with van der Waals surface area (Å²) >= 11 is 0. The van der Waals surface area contributed by atoms with Gasteiger partial charge in [0.05, 0.1) is 38.5 Å². The zero-order chi connectivity index (χ0) is 54.4. The van der Waals surface area contributed by atoms with E-state index in [-0.39, 0.29) is 85.0 Å². The summed E-state index contributed by atoms with van der Waals surface area (Å²) in [5.41, 5.74) is 2.74. The van der Waals surface area contributed by atoms with Gasteiger partial charge in [-0.25, -0.2) is 9.59 Å². The molecule has 77 heavy (non-hydrogen) atoms. The fourth-order valence-corrected chi connectivity index (χ4v) is 10.1. The van der Waals surface area contributed by atoms with Gasteiger partial charge in [-0.2, -0.15) is 0 Å². The molecule has 16 nitrogen and oxygen atoms in total. The Labute approximate surface area is 446 Å². The molecule has 0 aliphatic carbocycles. The smallest absolute Gasteiger partial charge is 0.343 e. The number of ether oxygens (including phenoxy) is 5. The number of hydrogen-bond donors (Lipinski definition) is 1. The van der Waals surface area contributed by atoms with Gasteiger partial charge in [0.1, 0.15) is 17.7 Å². The van der Waals surface area contributed by atoms with E-state index >= 15 is 0 Å². The number of fused-ring (bicyclic) bond motifs is 2. The Morgan fingerprint density at radius 3 is 1.29 bits per heavy atom. The highest BCUT2D eigenvalue weighted by molar-refractivity contribution is 5.99. The Balaban J connectivity index is 0.000000207. The van der Waals surface area contributed by atoms with Crippen molar-refractivity contribution in [1.82, 2.24) is 18.9 Å². The van der Waals surface area contributed by atoms with Crippen molar-refractivity contribution >= 4 is 23.8 Å². The van der Waals surface area contributed by atoms with Crippen molar-refractivity contribution in [1.29, 1.82) is 0 Å². The molecule has 398 valence electrons. The van der Waals surface area contributed by atoms with E-state index in [0.717, 1.165) is 27.8 Å². The maximum Gasteiger partial charge on any atom is 0.343 e. The number of aromatic nitrogens is 2. The summed E-state index contributed by atoms with van der Waals surface area (Å²) in [6.45, 7) is 5.39. The summed E-state index contributed by atoms with van der Waals surface area (Å²) in [6.07, 6.45) is 2.82. The largest absolute Gasteiger partial charge is 0.503 e. The molecule has 4 heterocycles. The summed E-state index contributed by atoms with van der Waals surface area (Å²) in [5.74, 6) is -3.84. The van der Waals surface area contributed by atoms with Crippen molar-refractivity contribution in [3.63, 3.8) is 0 Å². The third-order valence-corrected chi connectivity index (χ3v) is 13.7. The van der Waals surface area contributed by atoms with E-state index in [0.29, 0.717) is 26.3 Å². The molecule has 5 aromatic carbocycles. The summed E-state index contributed by atoms with van der Waals surface area (Å²) in [5, 5.41) is 10.9. The molecule has 0 radical (unpaired) electrons. The first-order valence-electron chi connectivity index (χ1n) is 25.5. The van der Waals surface area contributed by atoms with Gasteiger partial charge in [0.25, 0.3) is 11.8 Å². The minimum Gasteiger partial charge on any atom is -0.503 e. The van der Waals surface area contributed by atoms with E-state index in [9.17, 15) is 33.9 Å². The Morgan fingerprint density at radius 2 is 0.896 bits per heavy atom. The molecule has 0 fully saturated rings. The molecule has 0 saturated carbocycles. The minimum absolute atomic E-state index is 0.0478. The second-order valence-electron chi connectivity index (χ2n) is 18.4. The van der Waals surface area contributed by atoms with Gasteiger partial charge in [-0.3, -0.25) is 19.2 Å². The van der Waals surface area contributed by atoms with Crippen LogP contribution in [0.25, 0.3) is 0 Å². The van der Waals surface area contributed by atoms with Crippen molar-refractivity contribution < 1.29 is 48.0 Å². The number of carbonyl (C=O) groups is 4. The lowest BCUT2D eigenvalue weighted by Crippen LogP contribution is -2.48. The van der Waals surface area contributed by atoms with E-state index in [1.54, 1.807) is 47.0 Å². The van der Waals surface area contributed by atoms with Gasteiger partial charge in [-0.1, -0.05) is 152 Å². The maximum atomic E-state index is 14.1. The van der Waals surface area contributed by atoms with Crippen molar-refractivity contribution in [2.75, 3.05) is 66.8 Å². The molecule has 0 saturated heterocycles. The second-order valence-corrected chi connectivity index (χ2v) is 18.4. The Morgan fingerprint density at radius 1 is 0.532 bits per heavy atom. The van der Waals surface area contributed by atoms with E-state index < -0.39 is 40.5 Å². The first-order chi connectivity index (χ1) is 37.5. The first kappa shape index (κ1) is 54.7. The number of benzene rings is 5. The summed E-state index contributed by atoms with van der Waals surface area (Å²) in [6, 6.07) is 48.2.